The van der Waals surface area contributed by atoms with Gasteiger partial charge in [0.1, 0.15) is 12.4 Å². The van der Waals surface area contributed by atoms with Gasteiger partial charge in [0.2, 0.25) is 17.7 Å². The molecule has 0 radical (unpaired) electrons. The van der Waals surface area contributed by atoms with Crippen LogP contribution >= 0.6 is 0 Å². The van der Waals surface area contributed by atoms with Gasteiger partial charge in [-0.25, -0.2) is 13.8 Å². The molecule has 3 aliphatic rings. The van der Waals surface area contributed by atoms with Crippen LogP contribution in [0, 0.1) is 17.0 Å². The fraction of sp³-hybridized carbons (Fsp3) is 0.333. The third-order valence-electron chi connectivity index (χ3n) is 8.37. The van der Waals surface area contributed by atoms with E-state index in [4.69, 9.17) is 0 Å². The van der Waals surface area contributed by atoms with Gasteiger partial charge in [-0.15, -0.1) is 0 Å². The number of piperidine rings is 1. The van der Waals surface area contributed by atoms with Crippen LogP contribution in [-0.4, -0.2) is 34.2 Å². The van der Waals surface area contributed by atoms with Crippen molar-refractivity contribution in [1.29, 1.82) is 0 Å². The highest BCUT2D eigenvalue weighted by Gasteiger charge is 2.51. The van der Waals surface area contributed by atoms with Crippen LogP contribution in [0.4, 0.5) is 20.3 Å². The molecule has 1 spiro atoms. The number of hydrogen-bond donors (Lipinski definition) is 2. The lowest BCUT2D eigenvalue weighted by Crippen LogP contribution is -2.50. The first-order valence-electron chi connectivity index (χ1n) is 13.0. The zero-order chi connectivity index (χ0) is 27.5. The zero-order valence-electron chi connectivity index (χ0n) is 21.7. The minimum Gasteiger partial charge on any atom is -0.326 e. The first-order valence-corrected chi connectivity index (χ1v) is 13.0. The number of pyridine rings is 1. The van der Waals surface area contributed by atoms with Crippen LogP contribution in [0.15, 0.2) is 54.7 Å². The standard InChI is InChI=1S/C30H28F2N4O3/c1-29(2)10-9-24(17-6-8-22(31)23(32)13-17)36(28(29)39)16-25(37)34-20-7-5-18-14-30(15-19(18)12-20)21-4-3-11-33-26(21)35-27(30)38/h3-8,11-13,24H,9-10,14-16H2,1-2H3,(H,34,37)(H,33,35,38)/t24-,30?/m1/s1. The molecule has 1 saturated heterocycles. The van der Waals surface area contributed by atoms with Crippen LogP contribution in [0.2, 0.25) is 0 Å². The molecular formula is C30H28F2N4O3. The fourth-order valence-electron chi connectivity index (χ4n) is 6.24. The van der Waals surface area contributed by atoms with Crippen LogP contribution in [0.25, 0.3) is 0 Å². The molecule has 3 amide bonds. The van der Waals surface area contributed by atoms with Crippen molar-refractivity contribution < 1.29 is 23.2 Å². The molecule has 2 aromatic carbocycles. The number of nitrogens with zero attached hydrogens (tertiary/aromatic N) is 2. The lowest BCUT2D eigenvalue weighted by molar-refractivity contribution is -0.150. The summed E-state index contributed by atoms with van der Waals surface area (Å²) in [6.45, 7) is 3.42. The molecule has 1 aromatic heterocycles. The number of fused-ring (bicyclic) bond motifs is 3. The normalized spacial score (nSPS) is 23.0. The Morgan fingerprint density at radius 3 is 2.67 bits per heavy atom. The highest BCUT2D eigenvalue weighted by Crippen LogP contribution is 2.47. The Balaban J connectivity index is 1.21. The van der Waals surface area contributed by atoms with Crippen LogP contribution in [0.5, 0.6) is 0 Å². The number of carbonyl (C=O) groups is 3. The molecule has 1 unspecified atom stereocenters. The second-order valence-electron chi connectivity index (χ2n) is 11.4. The van der Waals surface area contributed by atoms with Crippen LogP contribution in [0.1, 0.15) is 55.0 Å². The van der Waals surface area contributed by atoms with E-state index in [1.165, 1.54) is 11.0 Å². The molecule has 2 atom stereocenters. The van der Waals surface area contributed by atoms with E-state index in [0.717, 1.165) is 28.8 Å². The van der Waals surface area contributed by atoms with E-state index < -0.39 is 34.4 Å². The number of amides is 3. The summed E-state index contributed by atoms with van der Waals surface area (Å²) in [5, 5.41) is 5.78. The summed E-state index contributed by atoms with van der Waals surface area (Å²) in [5.74, 6) is -2.04. The number of anilines is 2. The molecule has 200 valence electrons. The number of hydrogen-bond acceptors (Lipinski definition) is 4. The van der Waals surface area contributed by atoms with Crippen LogP contribution in [-0.2, 0) is 32.6 Å². The Morgan fingerprint density at radius 1 is 1.08 bits per heavy atom. The topological polar surface area (TPSA) is 91.4 Å². The first kappa shape index (κ1) is 25.2. The van der Waals surface area contributed by atoms with Gasteiger partial charge in [0.15, 0.2) is 11.6 Å². The van der Waals surface area contributed by atoms with Crippen molar-refractivity contribution in [3.8, 4) is 0 Å². The molecule has 3 aromatic rings. The number of aromatic nitrogens is 1. The molecule has 3 heterocycles. The van der Waals surface area contributed by atoms with E-state index in [0.29, 0.717) is 42.8 Å². The van der Waals surface area contributed by atoms with E-state index in [2.05, 4.69) is 15.6 Å². The minimum atomic E-state index is -0.987. The second kappa shape index (κ2) is 8.97. The van der Waals surface area contributed by atoms with Gasteiger partial charge in [-0.1, -0.05) is 32.0 Å². The average molecular weight is 531 g/mol. The predicted molar refractivity (Wildman–Crippen MR) is 141 cm³/mol. The molecule has 39 heavy (non-hydrogen) atoms. The van der Waals surface area contributed by atoms with E-state index in [-0.39, 0.29) is 18.4 Å². The quantitative estimate of drug-likeness (QED) is 0.513. The number of likely N-dealkylation sites (tertiary alicyclic amines) is 1. The summed E-state index contributed by atoms with van der Waals surface area (Å²) in [6.07, 6.45) is 3.78. The summed E-state index contributed by atoms with van der Waals surface area (Å²) >= 11 is 0. The average Bonchev–Trinajstić information content (AvgIpc) is 3.41. The van der Waals surface area contributed by atoms with Crippen molar-refractivity contribution in [2.24, 2.45) is 5.41 Å². The van der Waals surface area contributed by atoms with E-state index in [1.54, 1.807) is 12.3 Å². The van der Waals surface area contributed by atoms with Crippen LogP contribution in [0.3, 0.4) is 0 Å². The molecule has 2 N–H and O–H groups in total. The highest BCUT2D eigenvalue weighted by molar-refractivity contribution is 6.06. The number of benzene rings is 2. The fourth-order valence-corrected chi connectivity index (χ4v) is 6.24. The Morgan fingerprint density at radius 2 is 1.87 bits per heavy atom. The maximum Gasteiger partial charge on any atom is 0.244 e. The Hall–Kier alpha value is -4.14. The van der Waals surface area contributed by atoms with Crippen molar-refractivity contribution in [3.05, 3.63) is 88.6 Å². The summed E-state index contributed by atoms with van der Waals surface area (Å²) < 4.78 is 27.6. The summed E-state index contributed by atoms with van der Waals surface area (Å²) in [7, 11) is 0. The number of rotatable bonds is 4. The SMILES string of the molecule is CC1(C)CC[C@H](c2ccc(F)c(F)c2)N(CC(=O)Nc2ccc3c(c2)CC2(C3)C(=O)Nc3ncccc32)C1=O. The third kappa shape index (κ3) is 4.16. The van der Waals surface area contributed by atoms with E-state index in [9.17, 15) is 23.2 Å². The Kier molecular flexibility index (Phi) is 5.78. The first-order chi connectivity index (χ1) is 18.6. The van der Waals surface area contributed by atoms with Crippen molar-refractivity contribution >= 4 is 29.2 Å². The van der Waals surface area contributed by atoms with Gasteiger partial charge in [0.25, 0.3) is 0 Å². The zero-order valence-corrected chi connectivity index (χ0v) is 21.7. The number of carbonyl (C=O) groups excluding carboxylic acids is 3. The molecule has 2 aliphatic heterocycles. The van der Waals surface area contributed by atoms with Crippen molar-refractivity contribution in [1.82, 2.24) is 9.88 Å². The lowest BCUT2D eigenvalue weighted by Gasteiger charge is -2.43. The largest absolute Gasteiger partial charge is 0.326 e. The third-order valence-corrected chi connectivity index (χ3v) is 8.37. The minimum absolute atomic E-state index is 0.0764. The summed E-state index contributed by atoms with van der Waals surface area (Å²) in [5.41, 5.74) is 2.51. The van der Waals surface area contributed by atoms with Crippen LogP contribution < -0.4 is 10.6 Å². The van der Waals surface area contributed by atoms with Crippen molar-refractivity contribution in [2.45, 2.75) is 51.0 Å². The van der Waals surface area contributed by atoms with Gasteiger partial charge in [0, 0.05) is 22.9 Å². The second-order valence-corrected chi connectivity index (χ2v) is 11.4. The van der Waals surface area contributed by atoms with Gasteiger partial charge in [-0.3, -0.25) is 14.4 Å². The van der Waals surface area contributed by atoms with E-state index in [1.807, 2.05) is 38.1 Å². The van der Waals surface area contributed by atoms with Gasteiger partial charge in [-0.2, -0.15) is 0 Å². The van der Waals surface area contributed by atoms with Gasteiger partial charge < -0.3 is 15.5 Å². The van der Waals surface area contributed by atoms with Crippen molar-refractivity contribution in [3.63, 3.8) is 0 Å². The van der Waals surface area contributed by atoms with Gasteiger partial charge >= 0.3 is 0 Å². The van der Waals surface area contributed by atoms with Crippen molar-refractivity contribution in [2.75, 3.05) is 17.2 Å². The summed E-state index contributed by atoms with van der Waals surface area (Å²) in [4.78, 5) is 45.3. The smallest absolute Gasteiger partial charge is 0.244 e. The number of halogens is 2. The lowest BCUT2D eigenvalue weighted by atomic mass is 9.78. The molecule has 1 aliphatic carbocycles. The molecular weight excluding hydrogens is 502 g/mol. The maximum absolute atomic E-state index is 14.0. The van der Waals surface area contributed by atoms with Gasteiger partial charge in [-0.05, 0) is 72.7 Å². The Labute approximate surface area is 224 Å². The molecule has 0 saturated carbocycles. The number of nitrogens with one attached hydrogen (secondary N) is 2. The Bertz CT molecular complexity index is 1540. The molecule has 6 rings (SSSR count). The monoisotopic (exact) mass is 530 g/mol. The molecule has 7 nitrogen and oxygen atoms in total. The highest BCUT2D eigenvalue weighted by atomic mass is 19.2. The van der Waals surface area contributed by atoms with E-state index >= 15 is 0 Å². The maximum atomic E-state index is 14.0. The molecule has 0 bridgehead atoms. The summed E-state index contributed by atoms with van der Waals surface area (Å²) in [6, 6.07) is 12.4. The molecule has 1 fully saturated rings. The predicted octanol–water partition coefficient (Wildman–Crippen LogP) is 4.68. The molecule has 9 heteroatoms. The van der Waals surface area contributed by atoms with Gasteiger partial charge in [0.05, 0.1) is 11.5 Å².